The van der Waals surface area contributed by atoms with E-state index in [0.717, 1.165) is 38.5 Å². The highest BCUT2D eigenvalue weighted by atomic mass is 16.5. The van der Waals surface area contributed by atoms with Crippen molar-refractivity contribution >= 4 is 17.7 Å². The third-order valence-corrected chi connectivity index (χ3v) is 13.6. The summed E-state index contributed by atoms with van der Waals surface area (Å²) in [4.78, 5) is 39.0. The maximum absolute atomic E-state index is 13.6. The molecule has 10 atom stereocenters. The molecule has 39 heavy (non-hydrogen) atoms. The molecule has 0 unspecified atom stereocenters. The van der Waals surface area contributed by atoms with Crippen LogP contribution < -0.4 is 0 Å². The molecule has 6 nitrogen and oxygen atoms in total. The van der Waals surface area contributed by atoms with Crippen LogP contribution in [0.15, 0.2) is 11.6 Å². The number of hydrogen-bond donors (Lipinski definition) is 1. The lowest BCUT2D eigenvalue weighted by molar-refractivity contribution is -0.219. The largest absolute Gasteiger partial charge is 0.469 e. The van der Waals surface area contributed by atoms with E-state index in [4.69, 9.17) is 9.47 Å². The van der Waals surface area contributed by atoms with Gasteiger partial charge in [0.15, 0.2) is 11.9 Å². The zero-order chi connectivity index (χ0) is 29.0. The number of aliphatic hydroxyl groups is 1. The van der Waals surface area contributed by atoms with Gasteiger partial charge in [-0.2, -0.15) is 0 Å². The number of esters is 2. The van der Waals surface area contributed by atoms with E-state index in [0.29, 0.717) is 12.8 Å². The van der Waals surface area contributed by atoms with Crippen molar-refractivity contribution in [3.05, 3.63) is 11.6 Å². The van der Waals surface area contributed by atoms with Gasteiger partial charge < -0.3 is 14.6 Å². The van der Waals surface area contributed by atoms with Gasteiger partial charge in [0, 0.05) is 24.7 Å². The van der Waals surface area contributed by atoms with Crippen LogP contribution in [0.3, 0.4) is 0 Å². The van der Waals surface area contributed by atoms with Crippen molar-refractivity contribution < 1.29 is 29.0 Å². The summed E-state index contributed by atoms with van der Waals surface area (Å²) in [5.41, 5.74) is -1.43. The van der Waals surface area contributed by atoms with Crippen LogP contribution in [0.4, 0.5) is 0 Å². The number of ether oxygens (including phenoxy) is 2. The molecule has 4 fully saturated rings. The second-order valence-electron chi connectivity index (χ2n) is 15.5. The average molecular weight is 543 g/mol. The van der Waals surface area contributed by atoms with Crippen molar-refractivity contribution in [1.29, 1.82) is 0 Å². The highest BCUT2D eigenvalue weighted by molar-refractivity contribution is 5.88. The van der Waals surface area contributed by atoms with Gasteiger partial charge in [-0.15, -0.1) is 0 Å². The van der Waals surface area contributed by atoms with Gasteiger partial charge in [0.2, 0.25) is 0 Å². The maximum Gasteiger partial charge on any atom is 0.312 e. The second-order valence-corrected chi connectivity index (χ2v) is 15.5. The van der Waals surface area contributed by atoms with Crippen molar-refractivity contribution in [2.24, 2.45) is 50.7 Å². The van der Waals surface area contributed by atoms with Crippen LogP contribution in [-0.2, 0) is 23.9 Å². The van der Waals surface area contributed by atoms with Gasteiger partial charge in [0.25, 0.3) is 0 Å². The minimum absolute atomic E-state index is 0.0375. The summed E-state index contributed by atoms with van der Waals surface area (Å²) in [7, 11) is 1.48. The molecule has 0 aromatic carbocycles. The summed E-state index contributed by atoms with van der Waals surface area (Å²) in [5, 5.41) is 12.1. The number of carbonyl (C=O) groups is 3. The molecular weight excluding hydrogens is 492 g/mol. The fourth-order valence-electron chi connectivity index (χ4n) is 11.3. The minimum atomic E-state index is -1.01. The molecule has 0 aromatic heterocycles. The van der Waals surface area contributed by atoms with Crippen LogP contribution >= 0.6 is 0 Å². The number of hydrogen-bond acceptors (Lipinski definition) is 6. The fourth-order valence-corrected chi connectivity index (χ4v) is 11.3. The first-order valence-corrected chi connectivity index (χ1v) is 15.1. The molecule has 4 saturated carbocycles. The zero-order valence-corrected chi connectivity index (χ0v) is 25.6. The molecule has 5 aliphatic rings. The minimum Gasteiger partial charge on any atom is -0.469 e. The fraction of sp³-hybridized carbons (Fsp3) is 0.848. The first-order chi connectivity index (χ1) is 17.9. The van der Waals surface area contributed by atoms with E-state index in [9.17, 15) is 19.5 Å². The van der Waals surface area contributed by atoms with E-state index >= 15 is 0 Å². The summed E-state index contributed by atoms with van der Waals surface area (Å²) in [6, 6.07) is 0. The lowest BCUT2D eigenvalue weighted by Gasteiger charge is -2.71. The summed E-state index contributed by atoms with van der Waals surface area (Å²) < 4.78 is 11.1. The van der Waals surface area contributed by atoms with Gasteiger partial charge in [-0.1, -0.05) is 53.2 Å². The van der Waals surface area contributed by atoms with Crippen LogP contribution in [0.1, 0.15) is 107 Å². The monoisotopic (exact) mass is 542 g/mol. The Balaban J connectivity index is 1.62. The van der Waals surface area contributed by atoms with Gasteiger partial charge >= 0.3 is 11.9 Å². The van der Waals surface area contributed by atoms with Crippen molar-refractivity contribution in [3.63, 3.8) is 0 Å². The third kappa shape index (κ3) is 3.51. The predicted molar refractivity (Wildman–Crippen MR) is 148 cm³/mol. The molecule has 0 radical (unpaired) electrons. The predicted octanol–water partition coefficient (Wildman–Crippen LogP) is 6.04. The molecule has 0 aromatic rings. The number of fused-ring (bicyclic) bond motifs is 7. The Morgan fingerprint density at radius 1 is 0.974 bits per heavy atom. The molecule has 6 heteroatoms. The van der Waals surface area contributed by atoms with Crippen LogP contribution in [0.2, 0.25) is 0 Å². The lowest BCUT2D eigenvalue weighted by Crippen LogP contribution is -2.68. The van der Waals surface area contributed by atoms with E-state index in [1.165, 1.54) is 19.6 Å². The average Bonchev–Trinajstić information content (AvgIpc) is 2.83. The Bertz CT molecular complexity index is 1120. The van der Waals surface area contributed by atoms with Gasteiger partial charge in [0.1, 0.15) is 0 Å². The zero-order valence-electron chi connectivity index (χ0n) is 25.6. The van der Waals surface area contributed by atoms with Crippen molar-refractivity contribution in [3.8, 4) is 0 Å². The Labute approximate surface area is 234 Å². The quantitative estimate of drug-likeness (QED) is 0.338. The standard InChI is InChI=1S/C33H50O6/c1-19-12-15-33(27(36)38-9)17-16-30(6)21(25(33)32(19,8)37)10-11-24-29(5)18-22(35)26(39-20(2)34)28(3,4)23(29)13-14-31(24,30)7/h10,19,23-26,37H,11-18H2,1-9H3/t19-,23+,24-,25-,26+,29+,30-,31-,32-,33+/m1/s1. The number of allylic oxidation sites excluding steroid dienone is 1. The van der Waals surface area contributed by atoms with Crippen LogP contribution in [0.25, 0.3) is 0 Å². The number of methoxy groups -OCH3 is 1. The molecule has 5 rings (SSSR count). The van der Waals surface area contributed by atoms with Crippen LogP contribution in [0, 0.1) is 50.7 Å². The Morgan fingerprint density at radius 2 is 1.64 bits per heavy atom. The topological polar surface area (TPSA) is 89.9 Å². The van der Waals surface area contributed by atoms with E-state index in [1.54, 1.807) is 0 Å². The van der Waals surface area contributed by atoms with Gasteiger partial charge in [0.05, 0.1) is 18.1 Å². The molecule has 0 amide bonds. The van der Waals surface area contributed by atoms with Gasteiger partial charge in [-0.3, -0.25) is 14.4 Å². The number of ketones is 1. The van der Waals surface area contributed by atoms with Gasteiger partial charge in [-0.25, -0.2) is 0 Å². The Morgan fingerprint density at radius 3 is 2.26 bits per heavy atom. The van der Waals surface area contributed by atoms with E-state index in [2.05, 4.69) is 47.6 Å². The molecule has 218 valence electrons. The first-order valence-electron chi connectivity index (χ1n) is 15.1. The molecule has 0 bridgehead atoms. The van der Waals surface area contributed by atoms with Gasteiger partial charge in [-0.05, 0) is 85.9 Å². The second kappa shape index (κ2) is 8.66. The highest BCUT2D eigenvalue weighted by Gasteiger charge is 2.72. The van der Waals surface area contributed by atoms with Crippen molar-refractivity contribution in [2.75, 3.05) is 7.11 Å². The van der Waals surface area contributed by atoms with Crippen LogP contribution in [-0.4, -0.2) is 41.6 Å². The molecule has 0 saturated heterocycles. The summed E-state index contributed by atoms with van der Waals surface area (Å²) in [6.45, 7) is 16.8. The molecule has 0 heterocycles. The Hall–Kier alpha value is -1.69. The third-order valence-electron chi connectivity index (χ3n) is 13.6. The van der Waals surface area contributed by atoms with Crippen molar-refractivity contribution in [2.45, 2.75) is 118 Å². The normalized spacial score (nSPS) is 50.4. The van der Waals surface area contributed by atoms with E-state index in [-0.39, 0.29) is 51.7 Å². The SMILES string of the molecule is COC(=O)[C@]12CC[C@@H](C)[C@@](C)(O)[C@H]1C1=CC[C@@H]3[C@@]4(C)CC(=O)[C@H](OC(C)=O)C(C)(C)[C@@H]4CC[C@@]3(C)[C@]1(C)CC2. The maximum atomic E-state index is 13.6. The van der Waals surface area contributed by atoms with E-state index < -0.39 is 28.5 Å². The smallest absolute Gasteiger partial charge is 0.312 e. The summed E-state index contributed by atoms with van der Waals surface area (Å²) in [5.74, 6) is -0.209. The molecule has 1 N–H and O–H groups in total. The first kappa shape index (κ1) is 28.8. The molecule has 5 aliphatic carbocycles. The molecule has 0 aliphatic heterocycles. The van der Waals surface area contributed by atoms with Crippen LogP contribution in [0.5, 0.6) is 0 Å². The van der Waals surface area contributed by atoms with Crippen molar-refractivity contribution in [1.82, 2.24) is 0 Å². The Kier molecular flexibility index (Phi) is 6.40. The molecule has 0 spiro atoms. The summed E-state index contributed by atoms with van der Waals surface area (Å²) >= 11 is 0. The summed E-state index contributed by atoms with van der Waals surface area (Å²) in [6.07, 6.45) is 8.02. The number of rotatable bonds is 2. The molecular formula is C33H50O6. The van der Waals surface area contributed by atoms with E-state index in [1.807, 2.05) is 6.92 Å². The number of carbonyl (C=O) groups excluding carboxylic acids is 3. The number of Topliss-reactive ketones (excluding diaryl/α,β-unsaturated/α-hetero) is 1. The highest BCUT2D eigenvalue weighted by Crippen LogP contribution is 2.76. The lowest BCUT2D eigenvalue weighted by atomic mass is 9.33.